The second kappa shape index (κ2) is 5.33. The van der Waals surface area contributed by atoms with Gasteiger partial charge in [-0.3, -0.25) is 4.68 Å². The van der Waals surface area contributed by atoms with Gasteiger partial charge in [0.05, 0.1) is 10.2 Å². The lowest BCUT2D eigenvalue weighted by molar-refractivity contribution is 0.621. The van der Waals surface area contributed by atoms with Gasteiger partial charge in [0.15, 0.2) is 0 Å². The molecule has 5 heteroatoms. The van der Waals surface area contributed by atoms with Gasteiger partial charge in [-0.05, 0) is 46.5 Å². The molecule has 0 spiro atoms. The minimum Gasteiger partial charge on any atom is -0.384 e. The van der Waals surface area contributed by atoms with Crippen LogP contribution in [0.2, 0.25) is 0 Å². The van der Waals surface area contributed by atoms with Crippen molar-refractivity contribution in [2.24, 2.45) is 13.0 Å². The number of benzene rings is 1. The van der Waals surface area contributed by atoms with Gasteiger partial charge in [0.1, 0.15) is 11.6 Å². The van der Waals surface area contributed by atoms with Gasteiger partial charge < -0.3 is 5.73 Å². The summed E-state index contributed by atoms with van der Waals surface area (Å²) in [5.41, 5.74) is 8.80. The first-order chi connectivity index (χ1) is 8.90. The molecule has 0 saturated carbocycles. The van der Waals surface area contributed by atoms with Crippen molar-refractivity contribution in [3.63, 3.8) is 0 Å². The highest BCUT2D eigenvalue weighted by molar-refractivity contribution is 9.10. The summed E-state index contributed by atoms with van der Waals surface area (Å²) in [6, 6.07) is 4.90. The summed E-state index contributed by atoms with van der Waals surface area (Å²) in [5, 5.41) is 4.45. The number of anilines is 1. The van der Waals surface area contributed by atoms with Crippen LogP contribution < -0.4 is 5.73 Å². The maximum Gasteiger partial charge on any atom is 0.137 e. The molecule has 0 fully saturated rings. The second-order valence-corrected chi connectivity index (χ2v) is 5.92. The molecule has 0 aliphatic heterocycles. The SMILES string of the molecule is CC(C)Cc1c(-c2ccc(F)c(Br)c2)nn(C)c1N. The third kappa shape index (κ3) is 2.81. The Balaban J connectivity index is 2.54. The van der Waals surface area contributed by atoms with Gasteiger partial charge in [-0.1, -0.05) is 13.8 Å². The summed E-state index contributed by atoms with van der Waals surface area (Å²) in [6.45, 7) is 4.27. The molecule has 2 N–H and O–H groups in total. The summed E-state index contributed by atoms with van der Waals surface area (Å²) < 4.78 is 15.4. The molecule has 19 heavy (non-hydrogen) atoms. The van der Waals surface area contributed by atoms with Gasteiger partial charge >= 0.3 is 0 Å². The normalized spacial score (nSPS) is 11.3. The van der Waals surface area contributed by atoms with Crippen LogP contribution in [0.5, 0.6) is 0 Å². The molecular formula is C14H17BrFN3. The number of hydrogen-bond acceptors (Lipinski definition) is 2. The van der Waals surface area contributed by atoms with Crippen molar-refractivity contribution in [1.82, 2.24) is 9.78 Å². The quantitative estimate of drug-likeness (QED) is 0.933. The highest BCUT2D eigenvalue weighted by Crippen LogP contribution is 2.31. The van der Waals surface area contributed by atoms with Gasteiger partial charge in [0.25, 0.3) is 0 Å². The number of hydrogen-bond donors (Lipinski definition) is 1. The Morgan fingerprint density at radius 2 is 2.11 bits per heavy atom. The summed E-state index contributed by atoms with van der Waals surface area (Å²) in [6.07, 6.45) is 0.851. The van der Waals surface area contributed by atoms with E-state index >= 15 is 0 Å². The Bertz CT molecular complexity index is 605. The average Bonchev–Trinajstić information content (AvgIpc) is 2.60. The molecule has 0 aliphatic carbocycles. The van der Waals surface area contributed by atoms with Gasteiger partial charge in [-0.25, -0.2) is 4.39 Å². The Hall–Kier alpha value is -1.36. The van der Waals surface area contributed by atoms with Crippen molar-refractivity contribution >= 4 is 21.7 Å². The van der Waals surface area contributed by atoms with Crippen LogP contribution in [0.25, 0.3) is 11.3 Å². The minimum atomic E-state index is -0.280. The molecule has 2 rings (SSSR count). The molecule has 1 heterocycles. The van der Waals surface area contributed by atoms with E-state index in [4.69, 9.17) is 5.73 Å². The van der Waals surface area contributed by atoms with Crippen LogP contribution in [0.3, 0.4) is 0 Å². The van der Waals surface area contributed by atoms with Crippen molar-refractivity contribution in [3.05, 3.63) is 34.1 Å². The predicted molar refractivity (Wildman–Crippen MR) is 79.3 cm³/mol. The van der Waals surface area contributed by atoms with Crippen LogP contribution in [-0.4, -0.2) is 9.78 Å². The fraction of sp³-hybridized carbons (Fsp3) is 0.357. The molecule has 3 nitrogen and oxygen atoms in total. The second-order valence-electron chi connectivity index (χ2n) is 5.06. The molecule has 1 aromatic heterocycles. The molecule has 0 aliphatic rings. The van der Waals surface area contributed by atoms with E-state index in [-0.39, 0.29) is 5.82 Å². The van der Waals surface area contributed by atoms with Gasteiger partial charge in [0, 0.05) is 18.2 Å². The molecule has 0 bridgehead atoms. The van der Waals surface area contributed by atoms with E-state index in [0.717, 1.165) is 23.2 Å². The number of rotatable bonds is 3. The molecule has 1 aromatic carbocycles. The molecule has 0 saturated heterocycles. The topological polar surface area (TPSA) is 43.8 Å². The summed E-state index contributed by atoms with van der Waals surface area (Å²) in [7, 11) is 1.82. The third-order valence-electron chi connectivity index (χ3n) is 3.00. The van der Waals surface area contributed by atoms with Crippen LogP contribution in [0.1, 0.15) is 19.4 Å². The van der Waals surface area contributed by atoms with Crippen molar-refractivity contribution < 1.29 is 4.39 Å². The molecule has 2 aromatic rings. The zero-order valence-electron chi connectivity index (χ0n) is 11.2. The van der Waals surface area contributed by atoms with E-state index in [9.17, 15) is 4.39 Å². The fourth-order valence-electron chi connectivity index (χ4n) is 2.07. The lowest BCUT2D eigenvalue weighted by Crippen LogP contribution is -2.02. The van der Waals surface area contributed by atoms with Crippen molar-refractivity contribution in [1.29, 1.82) is 0 Å². The van der Waals surface area contributed by atoms with E-state index in [1.165, 1.54) is 6.07 Å². The Morgan fingerprint density at radius 1 is 1.42 bits per heavy atom. The molecule has 0 atom stereocenters. The summed E-state index contributed by atoms with van der Waals surface area (Å²) >= 11 is 3.20. The van der Waals surface area contributed by atoms with Gasteiger partial charge in [0.2, 0.25) is 0 Å². The van der Waals surface area contributed by atoms with E-state index in [0.29, 0.717) is 16.2 Å². The number of nitrogen functional groups attached to an aromatic ring is 1. The van der Waals surface area contributed by atoms with E-state index in [1.807, 2.05) is 7.05 Å². The number of aromatic nitrogens is 2. The van der Waals surface area contributed by atoms with Gasteiger partial charge in [-0.2, -0.15) is 5.10 Å². The first kappa shape index (κ1) is 14.1. The third-order valence-corrected chi connectivity index (χ3v) is 3.61. The minimum absolute atomic E-state index is 0.280. The van der Waals surface area contributed by atoms with Crippen molar-refractivity contribution in [3.8, 4) is 11.3 Å². The first-order valence-electron chi connectivity index (χ1n) is 6.17. The first-order valence-corrected chi connectivity index (χ1v) is 6.96. The molecule has 0 amide bonds. The van der Waals surface area contributed by atoms with Crippen LogP contribution >= 0.6 is 15.9 Å². The zero-order chi connectivity index (χ0) is 14.2. The van der Waals surface area contributed by atoms with E-state index in [2.05, 4.69) is 34.9 Å². The smallest absolute Gasteiger partial charge is 0.137 e. The number of nitrogens with two attached hydrogens (primary N) is 1. The molecule has 102 valence electrons. The van der Waals surface area contributed by atoms with Crippen LogP contribution in [0.4, 0.5) is 10.2 Å². The lowest BCUT2D eigenvalue weighted by Gasteiger charge is -2.07. The molecular weight excluding hydrogens is 309 g/mol. The number of nitrogens with zero attached hydrogens (tertiary/aromatic N) is 2. The van der Waals surface area contributed by atoms with Crippen LogP contribution in [-0.2, 0) is 13.5 Å². The molecule has 0 unspecified atom stereocenters. The largest absolute Gasteiger partial charge is 0.384 e. The van der Waals surface area contributed by atoms with Crippen LogP contribution in [0.15, 0.2) is 22.7 Å². The highest BCUT2D eigenvalue weighted by atomic mass is 79.9. The van der Waals surface area contributed by atoms with Gasteiger partial charge in [-0.15, -0.1) is 0 Å². The monoisotopic (exact) mass is 325 g/mol. The maximum atomic E-state index is 13.3. The van der Waals surface area contributed by atoms with Crippen molar-refractivity contribution in [2.45, 2.75) is 20.3 Å². The molecule has 0 radical (unpaired) electrons. The summed E-state index contributed by atoms with van der Waals surface area (Å²) in [4.78, 5) is 0. The predicted octanol–water partition coefficient (Wildman–Crippen LogP) is 3.77. The Morgan fingerprint density at radius 3 is 2.68 bits per heavy atom. The highest BCUT2D eigenvalue weighted by Gasteiger charge is 2.17. The van der Waals surface area contributed by atoms with Crippen molar-refractivity contribution in [2.75, 3.05) is 5.73 Å². The summed E-state index contributed by atoms with van der Waals surface area (Å²) in [5.74, 6) is 0.872. The number of aryl methyl sites for hydroxylation is 1. The Kier molecular flexibility index (Phi) is 3.94. The lowest BCUT2D eigenvalue weighted by atomic mass is 9.99. The van der Waals surface area contributed by atoms with Crippen LogP contribution in [0, 0.1) is 11.7 Å². The maximum absolute atomic E-state index is 13.3. The number of halogens is 2. The average molecular weight is 326 g/mol. The Labute approximate surface area is 120 Å². The van der Waals surface area contributed by atoms with E-state index in [1.54, 1.807) is 16.8 Å². The standard InChI is InChI=1S/C14H17BrFN3/c1-8(2)6-10-13(18-19(3)14(10)17)9-4-5-12(16)11(15)7-9/h4-5,7-8H,6,17H2,1-3H3. The fourth-order valence-corrected chi connectivity index (χ4v) is 2.44. The zero-order valence-corrected chi connectivity index (χ0v) is 12.8. The van der Waals surface area contributed by atoms with E-state index < -0.39 is 0 Å².